The van der Waals surface area contributed by atoms with E-state index in [1.807, 2.05) is 23.7 Å². The molecule has 2 unspecified atom stereocenters. The highest BCUT2D eigenvalue weighted by atomic mass is 79.9. The van der Waals surface area contributed by atoms with Crippen LogP contribution in [0.4, 0.5) is 0 Å². The van der Waals surface area contributed by atoms with Crippen molar-refractivity contribution >= 4 is 25.8 Å². The molecule has 5 nitrogen and oxygen atoms in total. The van der Waals surface area contributed by atoms with Gasteiger partial charge in [0.15, 0.2) is 16.1 Å². The highest BCUT2D eigenvalue weighted by Gasteiger charge is 2.32. The highest BCUT2D eigenvalue weighted by Crippen LogP contribution is 2.44. The molecule has 2 heterocycles. The first-order chi connectivity index (χ1) is 12.3. The van der Waals surface area contributed by atoms with Gasteiger partial charge in [0.2, 0.25) is 0 Å². The predicted octanol–water partition coefficient (Wildman–Crippen LogP) is 4.56. The molecule has 2 atom stereocenters. The monoisotopic (exact) mass is 438 g/mol. The third-order valence-corrected chi connectivity index (χ3v) is 7.02. The fourth-order valence-corrected chi connectivity index (χ4v) is 5.15. The minimum absolute atomic E-state index is 0.0456. The Labute approximate surface area is 162 Å². The number of rotatable bonds is 4. The van der Waals surface area contributed by atoms with Crippen molar-refractivity contribution in [3.63, 3.8) is 0 Å². The van der Waals surface area contributed by atoms with Gasteiger partial charge in [-0.05, 0) is 56.2 Å². The lowest BCUT2D eigenvalue weighted by Gasteiger charge is -2.26. The first kappa shape index (κ1) is 18.2. The molecule has 1 saturated heterocycles. The number of hydrogen-bond acceptors (Lipinski definition) is 4. The van der Waals surface area contributed by atoms with Gasteiger partial charge >= 0.3 is 0 Å². The Hall–Kier alpha value is -1.18. The normalized spacial score (nSPS) is 24.0. The molecule has 1 aromatic heterocycles. The number of halogens is 1. The molecule has 1 saturated carbocycles. The van der Waals surface area contributed by atoms with E-state index in [0.29, 0.717) is 10.8 Å². The van der Waals surface area contributed by atoms with Gasteiger partial charge in [0.05, 0.1) is 10.6 Å². The van der Waals surface area contributed by atoms with Crippen molar-refractivity contribution in [2.75, 3.05) is 6.26 Å². The third kappa shape index (κ3) is 3.62. The van der Waals surface area contributed by atoms with E-state index in [4.69, 9.17) is 9.84 Å². The maximum atomic E-state index is 11.9. The number of nitrogens with zero attached hydrogens (tertiary/aromatic N) is 2. The van der Waals surface area contributed by atoms with Gasteiger partial charge < -0.3 is 4.74 Å². The summed E-state index contributed by atoms with van der Waals surface area (Å²) in [5, 5.41) is 4.94. The molecule has 4 rings (SSSR count). The lowest BCUT2D eigenvalue weighted by Crippen LogP contribution is -2.22. The van der Waals surface area contributed by atoms with Crippen LogP contribution in [0.15, 0.2) is 29.3 Å². The Morgan fingerprint density at radius 1 is 1.23 bits per heavy atom. The van der Waals surface area contributed by atoms with Gasteiger partial charge in [0, 0.05) is 23.9 Å². The van der Waals surface area contributed by atoms with Crippen LogP contribution in [0.3, 0.4) is 0 Å². The Morgan fingerprint density at radius 3 is 2.62 bits per heavy atom. The van der Waals surface area contributed by atoms with Crippen LogP contribution in [-0.2, 0) is 14.6 Å². The molecule has 0 spiro atoms. The summed E-state index contributed by atoms with van der Waals surface area (Å²) >= 11 is 3.55. The first-order valence-electron chi connectivity index (χ1n) is 9.02. The van der Waals surface area contributed by atoms with Gasteiger partial charge in [-0.1, -0.05) is 28.1 Å². The smallest absolute Gasteiger partial charge is 0.175 e. The molecule has 1 aromatic carbocycles. The molecule has 0 N–H and O–H groups in total. The maximum Gasteiger partial charge on any atom is 0.175 e. The molecule has 2 fully saturated rings. The molecule has 26 heavy (non-hydrogen) atoms. The maximum absolute atomic E-state index is 11.9. The van der Waals surface area contributed by atoms with E-state index < -0.39 is 9.84 Å². The third-order valence-electron chi connectivity index (χ3n) is 5.09. The summed E-state index contributed by atoms with van der Waals surface area (Å²) in [7, 11) is -3.21. The molecule has 140 valence electrons. The average molecular weight is 439 g/mol. The second kappa shape index (κ2) is 6.77. The van der Waals surface area contributed by atoms with Gasteiger partial charge in [-0.15, -0.1) is 0 Å². The standard InChI is InChI=1S/C19H23BrN2O3S/c1-12-10-14(8-9-16(12)26(2,23)24)15-11-22(21-19(15)13-6-7-13)18-5-3-4-17(20)25-18/h8-11,13,17-18H,3-7H2,1-2H3. The van der Waals surface area contributed by atoms with Crippen molar-refractivity contribution in [2.45, 2.75) is 61.1 Å². The molecule has 0 bridgehead atoms. The lowest BCUT2D eigenvalue weighted by molar-refractivity contribution is -0.0535. The molecule has 0 amide bonds. The quantitative estimate of drug-likeness (QED) is 0.656. The summed E-state index contributed by atoms with van der Waals surface area (Å²) in [6.45, 7) is 1.85. The first-order valence-corrected chi connectivity index (χ1v) is 11.8. The number of sulfone groups is 1. The van der Waals surface area contributed by atoms with Gasteiger partial charge in [-0.3, -0.25) is 0 Å². The molecule has 1 aliphatic carbocycles. The molecular formula is C19H23BrN2O3S. The van der Waals surface area contributed by atoms with Gasteiger partial charge in [0.25, 0.3) is 0 Å². The van der Waals surface area contributed by atoms with Crippen LogP contribution in [0.2, 0.25) is 0 Å². The van der Waals surface area contributed by atoms with Crippen LogP contribution in [0.25, 0.3) is 11.1 Å². The minimum Gasteiger partial charge on any atom is -0.342 e. The Morgan fingerprint density at radius 2 is 2.00 bits per heavy atom. The van der Waals surface area contributed by atoms with Crippen molar-refractivity contribution in [3.8, 4) is 11.1 Å². The Balaban J connectivity index is 1.73. The topological polar surface area (TPSA) is 61.2 Å². The second-order valence-electron chi connectivity index (χ2n) is 7.37. The Bertz CT molecular complexity index is 934. The van der Waals surface area contributed by atoms with Crippen molar-refractivity contribution < 1.29 is 13.2 Å². The average Bonchev–Trinajstić information content (AvgIpc) is 3.32. The van der Waals surface area contributed by atoms with Crippen LogP contribution in [0, 0.1) is 6.92 Å². The van der Waals surface area contributed by atoms with E-state index in [0.717, 1.165) is 54.5 Å². The van der Waals surface area contributed by atoms with E-state index >= 15 is 0 Å². The summed E-state index contributed by atoms with van der Waals surface area (Å²) in [4.78, 5) is 0.388. The van der Waals surface area contributed by atoms with E-state index in [1.165, 1.54) is 6.26 Å². The van der Waals surface area contributed by atoms with Crippen LogP contribution in [-0.4, -0.2) is 29.5 Å². The van der Waals surface area contributed by atoms with Crippen molar-refractivity contribution in [1.82, 2.24) is 9.78 Å². The summed E-state index contributed by atoms with van der Waals surface area (Å²) in [5.41, 5.74) is 4.00. The number of ether oxygens (including phenoxy) is 1. The lowest BCUT2D eigenvalue weighted by atomic mass is 10.0. The number of alkyl halides is 1. The summed E-state index contributed by atoms with van der Waals surface area (Å²) < 4.78 is 31.7. The summed E-state index contributed by atoms with van der Waals surface area (Å²) in [6, 6.07) is 5.56. The van der Waals surface area contributed by atoms with E-state index in [-0.39, 0.29) is 11.2 Å². The zero-order chi connectivity index (χ0) is 18.5. The molecule has 7 heteroatoms. The van der Waals surface area contributed by atoms with E-state index in [1.54, 1.807) is 6.07 Å². The highest BCUT2D eigenvalue weighted by molar-refractivity contribution is 9.09. The van der Waals surface area contributed by atoms with Crippen LogP contribution in [0.1, 0.15) is 55.5 Å². The SMILES string of the molecule is Cc1cc(-c2cn(C3CCCC(Br)O3)nc2C2CC2)ccc1S(C)(=O)=O. The van der Waals surface area contributed by atoms with Gasteiger partial charge in [-0.25, -0.2) is 13.1 Å². The second-order valence-corrected chi connectivity index (χ2v) is 10.4. The molecule has 2 aromatic rings. The largest absolute Gasteiger partial charge is 0.342 e. The van der Waals surface area contributed by atoms with E-state index in [2.05, 4.69) is 22.1 Å². The fraction of sp³-hybridized carbons (Fsp3) is 0.526. The molecule has 1 aliphatic heterocycles. The number of benzene rings is 1. The molecular weight excluding hydrogens is 416 g/mol. The van der Waals surface area contributed by atoms with Gasteiger partial charge in [0.1, 0.15) is 5.01 Å². The van der Waals surface area contributed by atoms with Gasteiger partial charge in [-0.2, -0.15) is 5.10 Å². The number of hydrogen-bond donors (Lipinski definition) is 0. The van der Waals surface area contributed by atoms with Crippen molar-refractivity contribution in [2.24, 2.45) is 0 Å². The summed E-state index contributed by atoms with van der Waals surface area (Å²) in [6.07, 6.45) is 8.68. The zero-order valence-corrected chi connectivity index (χ0v) is 17.4. The minimum atomic E-state index is -3.21. The zero-order valence-electron chi connectivity index (χ0n) is 15.0. The van der Waals surface area contributed by atoms with Crippen LogP contribution < -0.4 is 0 Å². The molecule has 0 radical (unpaired) electrons. The van der Waals surface area contributed by atoms with Crippen molar-refractivity contribution in [3.05, 3.63) is 35.7 Å². The van der Waals surface area contributed by atoms with Crippen LogP contribution in [0.5, 0.6) is 0 Å². The van der Waals surface area contributed by atoms with Crippen molar-refractivity contribution in [1.29, 1.82) is 0 Å². The molecule has 2 aliphatic rings. The fourth-order valence-electron chi connectivity index (χ4n) is 3.62. The predicted molar refractivity (Wildman–Crippen MR) is 104 cm³/mol. The summed E-state index contributed by atoms with van der Waals surface area (Å²) in [5.74, 6) is 0.504. The number of aromatic nitrogens is 2. The van der Waals surface area contributed by atoms with Crippen LogP contribution >= 0.6 is 15.9 Å². The number of aryl methyl sites for hydroxylation is 1. The Kier molecular flexibility index (Phi) is 4.73. The van der Waals surface area contributed by atoms with E-state index in [9.17, 15) is 8.42 Å².